The number of benzene rings is 1. The number of hydrogen-bond acceptors (Lipinski definition) is 2. The normalized spacial score (nSPS) is 12.2. The van der Waals surface area contributed by atoms with E-state index in [2.05, 4.69) is 5.32 Å². The Morgan fingerprint density at radius 3 is 2.53 bits per heavy atom. The quantitative estimate of drug-likeness (QED) is 0.868. The van der Waals surface area contributed by atoms with Crippen molar-refractivity contribution >= 4 is 29.1 Å². The Balaban J connectivity index is 2.64. The number of hydrogen-bond donors (Lipinski definition) is 2. The van der Waals surface area contributed by atoms with Crippen LogP contribution in [0.15, 0.2) is 18.2 Å². The van der Waals surface area contributed by atoms with Crippen LogP contribution in [0.4, 0.5) is 0 Å². The molecule has 0 aliphatic carbocycles. The van der Waals surface area contributed by atoms with Gasteiger partial charge >= 0.3 is 0 Å². The number of aliphatic hydroxyl groups is 1. The lowest BCUT2D eigenvalue weighted by Crippen LogP contribution is -2.28. The monoisotopic (exact) mass is 275 g/mol. The van der Waals surface area contributed by atoms with Gasteiger partial charge in [0.1, 0.15) is 0 Å². The summed E-state index contributed by atoms with van der Waals surface area (Å²) in [6.07, 6.45) is 0.328. The summed E-state index contributed by atoms with van der Waals surface area (Å²) in [4.78, 5) is 11.3. The van der Waals surface area contributed by atoms with Crippen LogP contribution in [0.2, 0.25) is 10.0 Å². The molecule has 2 N–H and O–H groups in total. The van der Waals surface area contributed by atoms with Gasteiger partial charge in [-0.15, -0.1) is 0 Å². The first-order valence-electron chi connectivity index (χ1n) is 5.45. The van der Waals surface area contributed by atoms with Crippen LogP contribution in [0.25, 0.3) is 0 Å². The van der Waals surface area contributed by atoms with Gasteiger partial charge in [-0.05, 0) is 18.6 Å². The van der Waals surface area contributed by atoms with Crippen LogP contribution in [-0.4, -0.2) is 17.6 Å². The van der Waals surface area contributed by atoms with Gasteiger partial charge in [0, 0.05) is 28.6 Å². The fourth-order valence-corrected chi connectivity index (χ4v) is 2.11. The number of aliphatic hydroxyl groups excluding tert-OH is 1. The SMILES string of the molecule is CCCC(=O)NCC(O)c1c(Cl)cccc1Cl. The molecule has 0 aromatic heterocycles. The first-order chi connectivity index (χ1) is 8.06. The van der Waals surface area contributed by atoms with Crippen LogP contribution in [0.3, 0.4) is 0 Å². The summed E-state index contributed by atoms with van der Waals surface area (Å²) >= 11 is 11.9. The van der Waals surface area contributed by atoms with E-state index in [0.29, 0.717) is 22.0 Å². The van der Waals surface area contributed by atoms with E-state index in [1.54, 1.807) is 18.2 Å². The van der Waals surface area contributed by atoms with Crippen LogP contribution in [-0.2, 0) is 4.79 Å². The zero-order chi connectivity index (χ0) is 12.8. The second-order valence-corrected chi connectivity index (χ2v) is 4.52. The topological polar surface area (TPSA) is 49.3 Å². The minimum absolute atomic E-state index is 0.0882. The van der Waals surface area contributed by atoms with Gasteiger partial charge in [-0.1, -0.05) is 36.2 Å². The molecule has 0 aliphatic rings. The largest absolute Gasteiger partial charge is 0.386 e. The molecule has 3 nitrogen and oxygen atoms in total. The molecule has 0 radical (unpaired) electrons. The molecule has 94 valence electrons. The van der Waals surface area contributed by atoms with Crippen molar-refractivity contribution in [3.05, 3.63) is 33.8 Å². The predicted octanol–water partition coefficient (Wildman–Crippen LogP) is 2.94. The Kier molecular flexibility index (Phi) is 5.75. The number of rotatable bonds is 5. The molecule has 17 heavy (non-hydrogen) atoms. The average Bonchev–Trinajstić information content (AvgIpc) is 2.26. The maximum absolute atomic E-state index is 11.3. The highest BCUT2D eigenvalue weighted by molar-refractivity contribution is 6.36. The van der Waals surface area contributed by atoms with Gasteiger partial charge in [0.2, 0.25) is 5.91 Å². The van der Waals surface area contributed by atoms with Crippen molar-refractivity contribution in [2.45, 2.75) is 25.9 Å². The van der Waals surface area contributed by atoms with E-state index >= 15 is 0 Å². The van der Waals surface area contributed by atoms with Crippen LogP contribution in [0.1, 0.15) is 31.4 Å². The number of amides is 1. The molecule has 0 saturated carbocycles. The highest BCUT2D eigenvalue weighted by Gasteiger charge is 2.15. The minimum atomic E-state index is -0.892. The van der Waals surface area contributed by atoms with E-state index in [1.165, 1.54) is 0 Å². The Morgan fingerprint density at radius 1 is 1.41 bits per heavy atom. The molecule has 1 amide bonds. The summed E-state index contributed by atoms with van der Waals surface area (Å²) in [5.41, 5.74) is 0.452. The third kappa shape index (κ3) is 4.19. The molecule has 0 aliphatic heterocycles. The third-order valence-electron chi connectivity index (χ3n) is 2.30. The zero-order valence-electron chi connectivity index (χ0n) is 9.54. The molecular weight excluding hydrogens is 261 g/mol. The van der Waals surface area contributed by atoms with Crippen LogP contribution >= 0.6 is 23.2 Å². The van der Waals surface area contributed by atoms with Crippen molar-refractivity contribution in [1.82, 2.24) is 5.32 Å². The van der Waals surface area contributed by atoms with Gasteiger partial charge < -0.3 is 10.4 Å². The highest BCUT2D eigenvalue weighted by Crippen LogP contribution is 2.29. The lowest BCUT2D eigenvalue weighted by atomic mass is 10.1. The van der Waals surface area contributed by atoms with E-state index in [0.717, 1.165) is 6.42 Å². The van der Waals surface area contributed by atoms with Gasteiger partial charge in [-0.25, -0.2) is 0 Å². The molecule has 0 heterocycles. The van der Waals surface area contributed by atoms with E-state index in [1.807, 2.05) is 6.92 Å². The average molecular weight is 276 g/mol. The van der Waals surface area contributed by atoms with E-state index in [-0.39, 0.29) is 12.5 Å². The highest BCUT2D eigenvalue weighted by atomic mass is 35.5. The number of nitrogens with one attached hydrogen (secondary N) is 1. The molecule has 1 rings (SSSR count). The molecule has 1 atom stereocenters. The fraction of sp³-hybridized carbons (Fsp3) is 0.417. The van der Waals surface area contributed by atoms with Crippen molar-refractivity contribution in [3.8, 4) is 0 Å². The van der Waals surface area contributed by atoms with Crippen LogP contribution < -0.4 is 5.32 Å². The molecule has 1 unspecified atom stereocenters. The van der Waals surface area contributed by atoms with Crippen molar-refractivity contribution < 1.29 is 9.90 Å². The first-order valence-corrected chi connectivity index (χ1v) is 6.20. The maximum Gasteiger partial charge on any atom is 0.220 e. The summed E-state index contributed by atoms with van der Waals surface area (Å²) in [5.74, 6) is -0.0882. The van der Waals surface area contributed by atoms with Crippen molar-refractivity contribution in [1.29, 1.82) is 0 Å². The minimum Gasteiger partial charge on any atom is -0.386 e. The maximum atomic E-state index is 11.3. The van der Waals surface area contributed by atoms with Crippen LogP contribution in [0, 0.1) is 0 Å². The van der Waals surface area contributed by atoms with Crippen molar-refractivity contribution in [2.24, 2.45) is 0 Å². The number of halogens is 2. The van der Waals surface area contributed by atoms with Gasteiger partial charge in [0.05, 0.1) is 6.10 Å². The van der Waals surface area contributed by atoms with Crippen LogP contribution in [0.5, 0.6) is 0 Å². The Bertz CT molecular complexity index is 376. The standard InChI is InChI=1S/C12H15Cl2NO2/c1-2-4-11(17)15-7-10(16)12-8(13)5-3-6-9(12)14/h3,5-6,10,16H,2,4,7H2,1H3,(H,15,17). The Hall–Kier alpha value is -0.770. The van der Waals surface area contributed by atoms with Gasteiger partial charge in [-0.3, -0.25) is 4.79 Å². The summed E-state index contributed by atoms with van der Waals surface area (Å²) < 4.78 is 0. The van der Waals surface area contributed by atoms with E-state index in [4.69, 9.17) is 23.2 Å². The summed E-state index contributed by atoms with van der Waals surface area (Å²) in [5, 5.41) is 13.3. The Morgan fingerprint density at radius 2 is 2.00 bits per heavy atom. The lowest BCUT2D eigenvalue weighted by molar-refractivity contribution is -0.121. The number of carbonyl (C=O) groups is 1. The predicted molar refractivity (Wildman–Crippen MR) is 69.3 cm³/mol. The molecule has 1 aromatic rings. The smallest absolute Gasteiger partial charge is 0.220 e. The fourth-order valence-electron chi connectivity index (χ4n) is 1.46. The first kappa shape index (κ1) is 14.3. The Labute approximate surface area is 111 Å². The molecule has 0 spiro atoms. The summed E-state index contributed by atoms with van der Waals surface area (Å²) in [7, 11) is 0. The third-order valence-corrected chi connectivity index (χ3v) is 2.96. The van der Waals surface area contributed by atoms with E-state index < -0.39 is 6.10 Å². The summed E-state index contributed by atoms with van der Waals surface area (Å²) in [6.45, 7) is 2.03. The van der Waals surface area contributed by atoms with Gasteiger partial charge in [0.25, 0.3) is 0 Å². The molecule has 0 bridgehead atoms. The molecule has 5 heteroatoms. The summed E-state index contributed by atoms with van der Waals surface area (Å²) in [6, 6.07) is 5.01. The molecular formula is C12H15Cl2NO2. The molecule has 0 fully saturated rings. The lowest BCUT2D eigenvalue weighted by Gasteiger charge is -2.15. The molecule has 0 saturated heterocycles. The van der Waals surface area contributed by atoms with Crippen molar-refractivity contribution in [2.75, 3.05) is 6.54 Å². The van der Waals surface area contributed by atoms with Gasteiger partial charge in [-0.2, -0.15) is 0 Å². The van der Waals surface area contributed by atoms with Crippen molar-refractivity contribution in [3.63, 3.8) is 0 Å². The second-order valence-electron chi connectivity index (χ2n) is 3.71. The van der Waals surface area contributed by atoms with E-state index in [9.17, 15) is 9.90 Å². The number of carbonyl (C=O) groups excluding carboxylic acids is 1. The molecule has 1 aromatic carbocycles. The zero-order valence-corrected chi connectivity index (χ0v) is 11.1. The van der Waals surface area contributed by atoms with Gasteiger partial charge in [0.15, 0.2) is 0 Å². The second kappa shape index (κ2) is 6.84.